The highest BCUT2D eigenvalue weighted by molar-refractivity contribution is 5.83. The molecule has 1 fully saturated rings. The van der Waals surface area contributed by atoms with E-state index in [1.807, 2.05) is 24.3 Å². The lowest BCUT2D eigenvalue weighted by molar-refractivity contribution is -0.901. The van der Waals surface area contributed by atoms with Gasteiger partial charge < -0.3 is 10.0 Å². The molecular weight excluding hydrogens is 224 g/mol. The molecule has 1 aromatic heterocycles. The van der Waals surface area contributed by atoms with Crippen LogP contribution in [0.2, 0.25) is 0 Å². The van der Waals surface area contributed by atoms with Crippen LogP contribution >= 0.6 is 0 Å². The normalized spacial score (nSPS) is 16.5. The van der Waals surface area contributed by atoms with E-state index in [4.69, 9.17) is 0 Å². The Bertz CT molecular complexity index is 574. The second-order valence-corrected chi connectivity index (χ2v) is 5.26. The van der Waals surface area contributed by atoms with Gasteiger partial charge in [-0.15, -0.1) is 0 Å². The van der Waals surface area contributed by atoms with Crippen molar-refractivity contribution in [3.8, 4) is 5.75 Å². The molecule has 2 heterocycles. The van der Waals surface area contributed by atoms with Crippen LogP contribution in [0.3, 0.4) is 0 Å². The SMILES string of the molecule is Cc1[nH+]c2ccccc2c(O)c1C[NH+]1CCCC1. The van der Waals surface area contributed by atoms with Crippen molar-refractivity contribution in [2.45, 2.75) is 26.3 Å². The van der Waals surface area contributed by atoms with Crippen LogP contribution in [-0.4, -0.2) is 18.2 Å². The first kappa shape index (κ1) is 11.5. The Morgan fingerprint density at radius 3 is 2.72 bits per heavy atom. The zero-order chi connectivity index (χ0) is 12.5. The number of likely N-dealkylation sites (tertiary alicyclic amines) is 1. The zero-order valence-electron chi connectivity index (χ0n) is 10.8. The molecule has 3 N–H and O–H groups in total. The maximum atomic E-state index is 10.5. The Morgan fingerprint density at radius 1 is 1.22 bits per heavy atom. The fraction of sp³-hybridized carbons (Fsp3) is 0.400. The van der Waals surface area contributed by atoms with Crippen LogP contribution in [-0.2, 0) is 6.54 Å². The monoisotopic (exact) mass is 244 g/mol. The van der Waals surface area contributed by atoms with Crippen LogP contribution in [0, 0.1) is 6.92 Å². The van der Waals surface area contributed by atoms with Gasteiger partial charge in [-0.2, -0.15) is 0 Å². The van der Waals surface area contributed by atoms with E-state index in [9.17, 15) is 5.11 Å². The van der Waals surface area contributed by atoms with Gasteiger partial charge in [0.05, 0.1) is 18.5 Å². The fourth-order valence-corrected chi connectivity index (χ4v) is 2.93. The molecule has 0 amide bonds. The van der Waals surface area contributed by atoms with Gasteiger partial charge in [0.2, 0.25) is 5.52 Å². The number of aromatic amines is 1. The van der Waals surface area contributed by atoms with Crippen LogP contribution in [0.25, 0.3) is 10.9 Å². The Morgan fingerprint density at radius 2 is 1.94 bits per heavy atom. The van der Waals surface area contributed by atoms with E-state index in [2.05, 4.69) is 11.9 Å². The summed E-state index contributed by atoms with van der Waals surface area (Å²) in [4.78, 5) is 4.98. The molecule has 18 heavy (non-hydrogen) atoms. The van der Waals surface area contributed by atoms with Gasteiger partial charge in [0.1, 0.15) is 17.9 Å². The molecule has 1 aliphatic rings. The van der Waals surface area contributed by atoms with Crippen molar-refractivity contribution in [1.29, 1.82) is 0 Å². The summed E-state index contributed by atoms with van der Waals surface area (Å²) in [6, 6.07) is 7.94. The Kier molecular flexibility index (Phi) is 2.92. The van der Waals surface area contributed by atoms with Gasteiger partial charge in [-0.1, -0.05) is 12.1 Å². The first-order valence-electron chi connectivity index (χ1n) is 6.72. The van der Waals surface area contributed by atoms with Crippen LogP contribution in [0.1, 0.15) is 24.1 Å². The Hall–Kier alpha value is -1.61. The fourth-order valence-electron chi connectivity index (χ4n) is 2.93. The van der Waals surface area contributed by atoms with Crippen molar-refractivity contribution in [3.63, 3.8) is 0 Å². The number of para-hydroxylation sites is 1. The molecule has 3 rings (SSSR count). The van der Waals surface area contributed by atoms with Gasteiger partial charge in [0.25, 0.3) is 0 Å². The first-order chi connectivity index (χ1) is 8.75. The van der Waals surface area contributed by atoms with E-state index in [1.165, 1.54) is 25.9 Å². The van der Waals surface area contributed by atoms with E-state index in [1.54, 1.807) is 4.90 Å². The molecule has 94 valence electrons. The van der Waals surface area contributed by atoms with Crippen molar-refractivity contribution in [1.82, 2.24) is 0 Å². The number of aromatic nitrogens is 1. The van der Waals surface area contributed by atoms with Crippen molar-refractivity contribution >= 4 is 10.9 Å². The van der Waals surface area contributed by atoms with Gasteiger partial charge in [0.15, 0.2) is 5.69 Å². The topological polar surface area (TPSA) is 38.8 Å². The number of aromatic hydroxyl groups is 1. The van der Waals surface area contributed by atoms with Crippen LogP contribution in [0.5, 0.6) is 5.75 Å². The summed E-state index contributed by atoms with van der Waals surface area (Å²) < 4.78 is 0. The number of nitrogens with one attached hydrogen (secondary N) is 2. The van der Waals surface area contributed by atoms with Crippen LogP contribution in [0.4, 0.5) is 0 Å². The lowest BCUT2D eigenvalue weighted by Crippen LogP contribution is -3.08. The molecule has 3 nitrogen and oxygen atoms in total. The summed E-state index contributed by atoms with van der Waals surface area (Å²) in [6.07, 6.45) is 2.62. The maximum absolute atomic E-state index is 10.5. The van der Waals surface area contributed by atoms with E-state index in [0.29, 0.717) is 5.75 Å². The van der Waals surface area contributed by atoms with Gasteiger partial charge in [-0.05, 0) is 6.07 Å². The minimum Gasteiger partial charge on any atom is -0.506 e. The molecule has 0 spiro atoms. The second kappa shape index (κ2) is 4.58. The highest BCUT2D eigenvalue weighted by Gasteiger charge is 2.23. The molecule has 1 aliphatic heterocycles. The maximum Gasteiger partial charge on any atom is 0.214 e. The summed E-state index contributed by atoms with van der Waals surface area (Å²) in [7, 11) is 0. The molecule has 0 unspecified atom stereocenters. The highest BCUT2D eigenvalue weighted by Crippen LogP contribution is 2.26. The van der Waals surface area contributed by atoms with Crippen LogP contribution in [0.15, 0.2) is 24.3 Å². The van der Waals surface area contributed by atoms with E-state index in [-0.39, 0.29) is 0 Å². The van der Waals surface area contributed by atoms with Gasteiger partial charge in [-0.3, -0.25) is 0 Å². The van der Waals surface area contributed by atoms with Gasteiger partial charge >= 0.3 is 0 Å². The minimum absolute atomic E-state index is 0.459. The second-order valence-electron chi connectivity index (χ2n) is 5.26. The third-order valence-corrected chi connectivity index (χ3v) is 3.98. The van der Waals surface area contributed by atoms with Crippen molar-refractivity contribution in [2.24, 2.45) is 0 Å². The number of quaternary nitrogens is 1. The summed E-state index contributed by atoms with van der Waals surface area (Å²) in [5.74, 6) is 0.459. The first-order valence-corrected chi connectivity index (χ1v) is 6.72. The quantitative estimate of drug-likeness (QED) is 0.807. The molecule has 1 saturated heterocycles. The molecule has 2 aromatic rings. The number of hydrogen-bond acceptors (Lipinski definition) is 1. The number of aryl methyl sites for hydroxylation is 1. The predicted molar refractivity (Wildman–Crippen MR) is 70.5 cm³/mol. The smallest absolute Gasteiger partial charge is 0.214 e. The number of pyridine rings is 1. The number of rotatable bonds is 2. The zero-order valence-corrected chi connectivity index (χ0v) is 10.8. The molecule has 0 bridgehead atoms. The summed E-state index contributed by atoms with van der Waals surface area (Å²) in [5.41, 5.74) is 3.17. The molecular formula is C15H20N2O+2. The average Bonchev–Trinajstić information content (AvgIpc) is 2.87. The summed E-state index contributed by atoms with van der Waals surface area (Å²) in [6.45, 7) is 5.44. The summed E-state index contributed by atoms with van der Waals surface area (Å²) in [5, 5.41) is 11.4. The molecule has 0 atom stereocenters. The van der Waals surface area contributed by atoms with Crippen molar-refractivity contribution in [2.75, 3.05) is 13.1 Å². The van der Waals surface area contributed by atoms with E-state index >= 15 is 0 Å². The number of benzene rings is 1. The predicted octanol–water partition coefficient (Wildman–Crippen LogP) is 0.847. The number of hydrogen-bond donors (Lipinski definition) is 2. The van der Waals surface area contributed by atoms with Gasteiger partial charge in [0, 0.05) is 25.8 Å². The third-order valence-electron chi connectivity index (χ3n) is 3.98. The lowest BCUT2D eigenvalue weighted by Gasteiger charge is -2.13. The molecule has 1 aromatic carbocycles. The Balaban J connectivity index is 2.04. The van der Waals surface area contributed by atoms with E-state index < -0.39 is 0 Å². The highest BCUT2D eigenvalue weighted by atomic mass is 16.3. The Labute approximate surface area is 107 Å². The molecule has 0 aliphatic carbocycles. The standard InChI is InChI=1S/C15H18N2O/c1-11-13(10-17-8-4-5-9-17)15(18)12-6-2-3-7-14(12)16-11/h2-3,6-7H,4-5,8-10H2,1H3,(H,16,18)/p+2. The lowest BCUT2D eigenvalue weighted by atomic mass is 10.1. The molecule has 3 heteroatoms. The van der Waals surface area contributed by atoms with Crippen LogP contribution < -0.4 is 9.88 Å². The number of fused-ring (bicyclic) bond motifs is 1. The largest absolute Gasteiger partial charge is 0.506 e. The summed E-state index contributed by atoms with van der Waals surface area (Å²) >= 11 is 0. The third kappa shape index (κ3) is 1.95. The molecule has 0 saturated carbocycles. The van der Waals surface area contributed by atoms with Gasteiger partial charge in [-0.25, -0.2) is 4.98 Å². The van der Waals surface area contributed by atoms with E-state index in [0.717, 1.165) is 28.7 Å². The molecule has 0 radical (unpaired) electrons. The van der Waals surface area contributed by atoms with Crippen molar-refractivity contribution in [3.05, 3.63) is 35.5 Å². The number of H-pyrrole nitrogens is 1. The minimum atomic E-state index is 0.459. The van der Waals surface area contributed by atoms with Crippen molar-refractivity contribution < 1.29 is 15.0 Å². The average molecular weight is 244 g/mol.